The molecule has 6 heteroatoms. The predicted molar refractivity (Wildman–Crippen MR) is 119 cm³/mol. The van der Waals surface area contributed by atoms with Crippen molar-refractivity contribution < 1.29 is 19.4 Å². The average Bonchev–Trinajstić information content (AvgIpc) is 2.95. The van der Waals surface area contributed by atoms with Gasteiger partial charge in [0.2, 0.25) is 0 Å². The van der Waals surface area contributed by atoms with Crippen LogP contribution in [-0.4, -0.2) is 59.1 Å². The Balaban J connectivity index is 1.71. The first-order valence-electron chi connectivity index (χ1n) is 11.8. The molecule has 2 heterocycles. The van der Waals surface area contributed by atoms with E-state index in [1.807, 2.05) is 36.1 Å². The van der Waals surface area contributed by atoms with E-state index in [9.17, 15) is 14.7 Å². The van der Waals surface area contributed by atoms with Crippen LogP contribution in [0.1, 0.15) is 63.9 Å². The molecule has 31 heavy (non-hydrogen) atoms. The minimum atomic E-state index is -0.165. The maximum atomic E-state index is 13.7. The molecule has 1 aliphatic carbocycles. The van der Waals surface area contributed by atoms with E-state index in [1.165, 1.54) is 12.8 Å². The Morgan fingerprint density at radius 2 is 1.68 bits per heavy atom. The van der Waals surface area contributed by atoms with Crippen LogP contribution < -0.4 is 4.74 Å². The van der Waals surface area contributed by atoms with Crippen molar-refractivity contribution in [3.63, 3.8) is 0 Å². The van der Waals surface area contributed by atoms with Crippen molar-refractivity contribution in [1.29, 1.82) is 0 Å². The van der Waals surface area contributed by atoms with Crippen molar-refractivity contribution in [3.05, 3.63) is 35.5 Å². The molecule has 0 radical (unpaired) electrons. The van der Waals surface area contributed by atoms with Crippen LogP contribution >= 0.6 is 0 Å². The number of hydrogen-bond donors (Lipinski definition) is 1. The third kappa shape index (κ3) is 4.49. The molecule has 0 spiro atoms. The van der Waals surface area contributed by atoms with Gasteiger partial charge in [0.1, 0.15) is 11.4 Å². The number of aliphatic hydroxyl groups is 1. The second-order valence-corrected chi connectivity index (χ2v) is 8.94. The lowest BCUT2D eigenvalue weighted by atomic mass is 9.97. The summed E-state index contributed by atoms with van der Waals surface area (Å²) in [6.45, 7) is 3.98. The standard InChI is InChI=1S/C25H34N2O4/c1-2-31-21-13-11-19(12-14-21)22-23(26-15-7-8-18(16-26)17-28)25(30)27(24(22)29)20-9-5-3-4-6-10-20/h11-14,18,20,28H,2-10,15-17H2,1H3. The Morgan fingerprint density at radius 1 is 0.968 bits per heavy atom. The van der Waals surface area contributed by atoms with Gasteiger partial charge in [-0.2, -0.15) is 0 Å². The van der Waals surface area contributed by atoms with Gasteiger partial charge < -0.3 is 14.7 Å². The number of imide groups is 1. The number of hydrogen-bond acceptors (Lipinski definition) is 5. The maximum absolute atomic E-state index is 13.7. The van der Waals surface area contributed by atoms with E-state index < -0.39 is 0 Å². The first-order chi connectivity index (χ1) is 15.1. The fourth-order valence-electron chi connectivity index (χ4n) is 5.24. The first-order valence-corrected chi connectivity index (χ1v) is 11.8. The number of carbonyl (C=O) groups excluding carboxylic acids is 2. The Morgan fingerprint density at radius 3 is 2.32 bits per heavy atom. The van der Waals surface area contributed by atoms with Gasteiger partial charge in [-0.05, 0) is 56.2 Å². The highest BCUT2D eigenvalue weighted by atomic mass is 16.5. The Bertz CT molecular complexity index is 824. The zero-order chi connectivity index (χ0) is 21.8. The Hall–Kier alpha value is -2.34. The summed E-state index contributed by atoms with van der Waals surface area (Å²) in [4.78, 5) is 31.0. The van der Waals surface area contributed by atoms with Gasteiger partial charge in [-0.25, -0.2) is 0 Å². The number of nitrogens with zero attached hydrogens (tertiary/aromatic N) is 2. The van der Waals surface area contributed by atoms with Gasteiger partial charge in [-0.1, -0.05) is 37.8 Å². The van der Waals surface area contributed by atoms with Crippen molar-refractivity contribution in [2.75, 3.05) is 26.3 Å². The fourth-order valence-corrected chi connectivity index (χ4v) is 5.24. The highest BCUT2D eigenvalue weighted by Crippen LogP contribution is 2.37. The number of aliphatic hydroxyl groups excluding tert-OH is 1. The van der Waals surface area contributed by atoms with E-state index in [1.54, 1.807) is 4.90 Å². The van der Waals surface area contributed by atoms with Crippen LogP contribution in [0, 0.1) is 5.92 Å². The summed E-state index contributed by atoms with van der Waals surface area (Å²) < 4.78 is 5.56. The smallest absolute Gasteiger partial charge is 0.278 e. The highest BCUT2D eigenvalue weighted by molar-refractivity contribution is 6.35. The van der Waals surface area contributed by atoms with Gasteiger partial charge >= 0.3 is 0 Å². The summed E-state index contributed by atoms with van der Waals surface area (Å²) in [7, 11) is 0. The van der Waals surface area contributed by atoms with Crippen molar-refractivity contribution in [2.24, 2.45) is 5.92 Å². The topological polar surface area (TPSA) is 70.1 Å². The number of benzene rings is 1. The highest BCUT2D eigenvalue weighted by Gasteiger charge is 2.45. The second kappa shape index (κ2) is 9.86. The van der Waals surface area contributed by atoms with Crippen LogP contribution in [0.4, 0.5) is 0 Å². The molecule has 4 rings (SSSR count). The molecule has 1 aromatic rings. The molecule has 1 unspecified atom stereocenters. The van der Waals surface area contributed by atoms with Crippen LogP contribution in [0.3, 0.4) is 0 Å². The van der Waals surface area contributed by atoms with E-state index in [-0.39, 0.29) is 30.4 Å². The number of rotatable bonds is 6. The van der Waals surface area contributed by atoms with Crippen molar-refractivity contribution in [1.82, 2.24) is 9.80 Å². The molecule has 2 amide bonds. The molecular formula is C25H34N2O4. The molecular weight excluding hydrogens is 392 g/mol. The molecule has 1 aromatic carbocycles. The van der Waals surface area contributed by atoms with E-state index in [0.717, 1.165) is 56.4 Å². The van der Waals surface area contributed by atoms with Gasteiger partial charge in [-0.15, -0.1) is 0 Å². The molecule has 6 nitrogen and oxygen atoms in total. The van der Waals surface area contributed by atoms with Gasteiger partial charge in [0.05, 0.1) is 12.2 Å². The number of amides is 2. The van der Waals surface area contributed by atoms with Crippen LogP contribution in [0.2, 0.25) is 0 Å². The molecule has 168 valence electrons. The van der Waals surface area contributed by atoms with Crippen molar-refractivity contribution >= 4 is 17.4 Å². The lowest BCUT2D eigenvalue weighted by Gasteiger charge is -2.34. The lowest BCUT2D eigenvalue weighted by Crippen LogP contribution is -2.44. The zero-order valence-electron chi connectivity index (χ0n) is 18.5. The number of ether oxygens (including phenoxy) is 1. The zero-order valence-corrected chi connectivity index (χ0v) is 18.5. The molecule has 1 N–H and O–H groups in total. The predicted octanol–water partition coefficient (Wildman–Crippen LogP) is 3.59. The van der Waals surface area contributed by atoms with Gasteiger partial charge in [0.15, 0.2) is 0 Å². The van der Waals surface area contributed by atoms with Gasteiger partial charge in [0, 0.05) is 25.7 Å². The third-order valence-electron chi connectivity index (χ3n) is 6.83. The minimum absolute atomic E-state index is 0.0175. The maximum Gasteiger partial charge on any atom is 0.278 e. The Labute approximate surface area is 184 Å². The second-order valence-electron chi connectivity index (χ2n) is 8.94. The van der Waals surface area contributed by atoms with Crippen LogP contribution in [0.25, 0.3) is 5.57 Å². The summed E-state index contributed by atoms with van der Waals surface area (Å²) in [5.74, 6) is 0.573. The SMILES string of the molecule is CCOc1ccc(C2=C(N3CCCC(CO)C3)C(=O)N(C3CCCCCC3)C2=O)cc1. The summed E-state index contributed by atoms with van der Waals surface area (Å²) in [6.07, 6.45) is 8.11. The number of carbonyl (C=O) groups is 2. The summed E-state index contributed by atoms with van der Waals surface area (Å²) in [5, 5.41) is 9.70. The normalized spacial score (nSPS) is 23.5. The van der Waals surface area contributed by atoms with E-state index >= 15 is 0 Å². The van der Waals surface area contributed by atoms with Crippen LogP contribution in [0.15, 0.2) is 30.0 Å². The van der Waals surface area contributed by atoms with E-state index in [0.29, 0.717) is 24.4 Å². The minimum Gasteiger partial charge on any atom is -0.494 e. The summed E-state index contributed by atoms with van der Waals surface area (Å²) in [6, 6.07) is 7.48. The quantitative estimate of drug-likeness (QED) is 0.556. The molecule has 0 bridgehead atoms. The molecule has 2 aliphatic heterocycles. The van der Waals surface area contributed by atoms with Crippen LogP contribution in [-0.2, 0) is 9.59 Å². The number of likely N-dealkylation sites (tertiary alicyclic amines) is 1. The first kappa shape index (κ1) is 21.9. The molecule has 3 aliphatic rings. The molecule has 1 saturated carbocycles. The molecule has 1 atom stereocenters. The van der Waals surface area contributed by atoms with Gasteiger partial charge in [0.25, 0.3) is 11.8 Å². The van der Waals surface area contributed by atoms with Gasteiger partial charge in [-0.3, -0.25) is 14.5 Å². The van der Waals surface area contributed by atoms with Crippen LogP contribution in [0.5, 0.6) is 5.75 Å². The monoisotopic (exact) mass is 426 g/mol. The van der Waals surface area contributed by atoms with Crippen molar-refractivity contribution in [2.45, 2.75) is 64.3 Å². The van der Waals surface area contributed by atoms with E-state index in [2.05, 4.69) is 0 Å². The summed E-state index contributed by atoms with van der Waals surface area (Å²) >= 11 is 0. The van der Waals surface area contributed by atoms with E-state index in [4.69, 9.17) is 4.74 Å². The third-order valence-corrected chi connectivity index (χ3v) is 6.83. The largest absolute Gasteiger partial charge is 0.494 e. The molecule has 1 saturated heterocycles. The summed E-state index contributed by atoms with van der Waals surface area (Å²) in [5.41, 5.74) is 1.80. The average molecular weight is 427 g/mol. The molecule has 2 fully saturated rings. The Kier molecular flexibility index (Phi) is 6.96. The number of piperidine rings is 1. The molecule has 0 aromatic heterocycles. The van der Waals surface area contributed by atoms with Crippen molar-refractivity contribution in [3.8, 4) is 5.75 Å². The lowest BCUT2D eigenvalue weighted by molar-refractivity contribution is -0.140. The fraction of sp³-hybridized carbons (Fsp3) is 0.600.